The van der Waals surface area contributed by atoms with E-state index in [0.29, 0.717) is 5.56 Å². The SMILES string of the molecule is FC(F)(F)c1ccc(-c2cc(C(F)(F)F)c3ncc(C#Cc4cncnc4)n3n2)cc1. The van der Waals surface area contributed by atoms with Crippen LogP contribution >= 0.6 is 0 Å². The molecule has 0 spiro atoms. The van der Waals surface area contributed by atoms with E-state index in [-0.39, 0.29) is 17.0 Å². The number of aromatic nitrogens is 5. The molecular weight excluding hydrogens is 424 g/mol. The number of halogens is 6. The number of nitrogens with zero attached hydrogens (tertiary/aromatic N) is 5. The van der Waals surface area contributed by atoms with Gasteiger partial charge in [-0.3, -0.25) is 0 Å². The average Bonchev–Trinajstić information content (AvgIpc) is 3.14. The summed E-state index contributed by atoms with van der Waals surface area (Å²) in [4.78, 5) is 11.4. The second kappa shape index (κ2) is 7.39. The molecule has 0 aliphatic heterocycles. The lowest BCUT2D eigenvalue weighted by Gasteiger charge is -2.11. The van der Waals surface area contributed by atoms with Gasteiger partial charge in [0.15, 0.2) is 5.65 Å². The number of alkyl halides is 6. The van der Waals surface area contributed by atoms with Gasteiger partial charge in [-0.1, -0.05) is 18.1 Å². The van der Waals surface area contributed by atoms with Crippen LogP contribution in [-0.4, -0.2) is 24.6 Å². The second-order valence-electron chi connectivity index (χ2n) is 6.27. The highest BCUT2D eigenvalue weighted by Gasteiger charge is 2.35. The maximum atomic E-state index is 13.6. The molecule has 4 rings (SSSR count). The molecule has 1 aromatic carbocycles. The highest BCUT2D eigenvalue weighted by Crippen LogP contribution is 2.35. The fourth-order valence-corrected chi connectivity index (χ4v) is 2.73. The zero-order valence-electron chi connectivity index (χ0n) is 15.2. The quantitative estimate of drug-likeness (QED) is 0.325. The molecule has 0 N–H and O–H groups in total. The van der Waals surface area contributed by atoms with Crippen molar-refractivity contribution in [2.45, 2.75) is 12.4 Å². The van der Waals surface area contributed by atoms with Crippen molar-refractivity contribution in [3.05, 3.63) is 77.6 Å². The van der Waals surface area contributed by atoms with Gasteiger partial charge in [0, 0.05) is 18.0 Å². The predicted octanol–water partition coefficient (Wildman–Crippen LogP) is 4.62. The topological polar surface area (TPSA) is 56.0 Å². The van der Waals surface area contributed by atoms with E-state index in [1.54, 1.807) is 0 Å². The van der Waals surface area contributed by atoms with Gasteiger partial charge in [-0.25, -0.2) is 19.5 Å². The molecule has 156 valence electrons. The lowest BCUT2D eigenvalue weighted by Crippen LogP contribution is -2.11. The summed E-state index contributed by atoms with van der Waals surface area (Å²) < 4.78 is 80.1. The van der Waals surface area contributed by atoms with Crippen LogP contribution in [0.25, 0.3) is 16.9 Å². The molecule has 4 aromatic rings. The van der Waals surface area contributed by atoms with Crippen LogP contribution in [0.15, 0.2) is 55.2 Å². The summed E-state index contributed by atoms with van der Waals surface area (Å²) in [7, 11) is 0. The molecule has 11 heteroatoms. The van der Waals surface area contributed by atoms with Gasteiger partial charge >= 0.3 is 12.4 Å². The van der Waals surface area contributed by atoms with Gasteiger partial charge in [-0.15, -0.1) is 0 Å². The highest BCUT2D eigenvalue weighted by atomic mass is 19.4. The number of imidazole rings is 1. The number of rotatable bonds is 1. The normalized spacial score (nSPS) is 11.9. The lowest BCUT2D eigenvalue weighted by molar-refractivity contribution is -0.138. The lowest BCUT2D eigenvalue weighted by atomic mass is 10.1. The van der Waals surface area contributed by atoms with E-state index < -0.39 is 29.1 Å². The Labute approximate surface area is 170 Å². The van der Waals surface area contributed by atoms with E-state index in [1.807, 2.05) is 0 Å². The van der Waals surface area contributed by atoms with Crippen molar-refractivity contribution >= 4 is 5.65 Å². The fraction of sp³-hybridized carbons (Fsp3) is 0.100. The van der Waals surface area contributed by atoms with Crippen LogP contribution in [-0.2, 0) is 12.4 Å². The molecule has 31 heavy (non-hydrogen) atoms. The standard InChI is InChI=1S/C20H9F6N5/c21-19(22,23)14-4-2-13(3-5-14)17-7-16(20(24,25)26)18-29-10-15(31(18)30-17)6-1-12-8-27-11-28-9-12/h2-5,7-11H. The monoisotopic (exact) mass is 433 g/mol. The summed E-state index contributed by atoms with van der Waals surface area (Å²) in [6.07, 6.45) is -4.07. The van der Waals surface area contributed by atoms with Crippen molar-refractivity contribution in [1.29, 1.82) is 0 Å². The van der Waals surface area contributed by atoms with Gasteiger partial charge in [0.25, 0.3) is 0 Å². The van der Waals surface area contributed by atoms with Crippen molar-refractivity contribution in [1.82, 2.24) is 24.6 Å². The third kappa shape index (κ3) is 4.18. The van der Waals surface area contributed by atoms with E-state index in [9.17, 15) is 26.3 Å². The smallest absolute Gasteiger partial charge is 0.244 e. The van der Waals surface area contributed by atoms with Gasteiger partial charge in [-0.05, 0) is 24.1 Å². The molecule has 0 unspecified atom stereocenters. The molecule has 0 fully saturated rings. The van der Waals surface area contributed by atoms with Crippen LogP contribution in [0.3, 0.4) is 0 Å². The van der Waals surface area contributed by atoms with E-state index in [2.05, 4.69) is 31.9 Å². The highest BCUT2D eigenvalue weighted by molar-refractivity contribution is 5.65. The maximum Gasteiger partial charge on any atom is 0.420 e. The van der Waals surface area contributed by atoms with Gasteiger partial charge in [0.05, 0.1) is 23.0 Å². The first-order valence-corrected chi connectivity index (χ1v) is 8.53. The Balaban J connectivity index is 1.86. The van der Waals surface area contributed by atoms with E-state index in [4.69, 9.17) is 0 Å². The predicted molar refractivity (Wildman–Crippen MR) is 96.4 cm³/mol. The molecule has 5 nitrogen and oxygen atoms in total. The molecule has 0 saturated carbocycles. The summed E-state index contributed by atoms with van der Waals surface area (Å²) >= 11 is 0. The molecule has 3 aromatic heterocycles. The Morgan fingerprint density at radius 1 is 0.806 bits per heavy atom. The van der Waals surface area contributed by atoms with Gasteiger partial charge in [0.2, 0.25) is 0 Å². The number of fused-ring (bicyclic) bond motifs is 1. The minimum absolute atomic E-state index is 0.0538. The Morgan fingerprint density at radius 2 is 1.48 bits per heavy atom. The molecule has 0 atom stereocenters. The number of benzene rings is 1. The Bertz CT molecular complexity index is 1300. The average molecular weight is 433 g/mol. The number of hydrogen-bond donors (Lipinski definition) is 0. The van der Waals surface area contributed by atoms with Crippen molar-refractivity contribution < 1.29 is 26.3 Å². The fourth-order valence-electron chi connectivity index (χ4n) is 2.73. The summed E-state index contributed by atoms with van der Waals surface area (Å²) in [5, 5.41) is 4.12. The van der Waals surface area contributed by atoms with Crippen molar-refractivity contribution in [3.63, 3.8) is 0 Å². The van der Waals surface area contributed by atoms with E-state index >= 15 is 0 Å². The molecule has 0 saturated heterocycles. The van der Waals surface area contributed by atoms with Crippen molar-refractivity contribution in [2.24, 2.45) is 0 Å². The second-order valence-corrected chi connectivity index (χ2v) is 6.27. The van der Waals surface area contributed by atoms with Crippen LogP contribution in [0, 0.1) is 11.8 Å². The molecule has 0 radical (unpaired) electrons. The third-order valence-corrected chi connectivity index (χ3v) is 4.18. The molecule has 0 bridgehead atoms. The van der Waals surface area contributed by atoms with E-state index in [1.165, 1.54) is 18.7 Å². The molecule has 0 aliphatic carbocycles. The Morgan fingerprint density at radius 3 is 2.10 bits per heavy atom. The largest absolute Gasteiger partial charge is 0.420 e. The maximum absolute atomic E-state index is 13.6. The zero-order valence-corrected chi connectivity index (χ0v) is 15.2. The molecule has 0 amide bonds. The van der Waals surface area contributed by atoms with Gasteiger partial charge in [-0.2, -0.15) is 31.4 Å². The van der Waals surface area contributed by atoms with Crippen LogP contribution in [0.2, 0.25) is 0 Å². The zero-order chi connectivity index (χ0) is 22.2. The van der Waals surface area contributed by atoms with E-state index in [0.717, 1.165) is 41.0 Å². The van der Waals surface area contributed by atoms with Gasteiger partial charge in [0.1, 0.15) is 17.6 Å². The van der Waals surface area contributed by atoms with Gasteiger partial charge < -0.3 is 0 Å². The molecular formula is C20H9F6N5. The van der Waals surface area contributed by atoms with Crippen molar-refractivity contribution in [2.75, 3.05) is 0 Å². The molecule has 3 heterocycles. The first-order chi connectivity index (χ1) is 14.6. The van der Waals surface area contributed by atoms with Crippen LogP contribution < -0.4 is 0 Å². The summed E-state index contributed by atoms with van der Waals surface area (Å²) in [5.41, 5.74) is -2.12. The summed E-state index contributed by atoms with van der Waals surface area (Å²) in [6.45, 7) is 0. The molecule has 0 aliphatic rings. The first-order valence-electron chi connectivity index (χ1n) is 8.53. The first kappa shape index (κ1) is 20.3. The minimum Gasteiger partial charge on any atom is -0.244 e. The Hall–Kier alpha value is -3.94. The number of hydrogen-bond acceptors (Lipinski definition) is 4. The third-order valence-electron chi connectivity index (χ3n) is 4.18. The van der Waals surface area contributed by atoms with Crippen LogP contribution in [0.1, 0.15) is 22.4 Å². The van der Waals surface area contributed by atoms with Crippen LogP contribution in [0.5, 0.6) is 0 Å². The minimum atomic E-state index is -4.77. The Kier molecular flexibility index (Phi) is 4.85. The van der Waals surface area contributed by atoms with Crippen molar-refractivity contribution in [3.8, 4) is 23.1 Å². The van der Waals surface area contributed by atoms with Crippen LogP contribution in [0.4, 0.5) is 26.3 Å². The summed E-state index contributed by atoms with van der Waals surface area (Å²) in [6, 6.07) is 4.41. The summed E-state index contributed by atoms with van der Waals surface area (Å²) in [5.74, 6) is 5.36.